The van der Waals surface area contributed by atoms with Gasteiger partial charge < -0.3 is 15.4 Å². The maximum absolute atomic E-state index is 12.0. The van der Waals surface area contributed by atoms with Gasteiger partial charge in [-0.2, -0.15) is 0 Å². The third kappa shape index (κ3) is 5.11. The van der Waals surface area contributed by atoms with Crippen molar-refractivity contribution < 1.29 is 14.3 Å². The zero-order valence-electron chi connectivity index (χ0n) is 14.4. The summed E-state index contributed by atoms with van der Waals surface area (Å²) in [6.07, 6.45) is 5.80. The first-order valence-corrected chi connectivity index (χ1v) is 8.49. The highest BCUT2D eigenvalue weighted by Crippen LogP contribution is 2.25. The van der Waals surface area contributed by atoms with E-state index in [-0.39, 0.29) is 17.7 Å². The summed E-state index contributed by atoms with van der Waals surface area (Å²) in [4.78, 5) is 23.9. The first kappa shape index (κ1) is 18.0. The fourth-order valence-electron chi connectivity index (χ4n) is 3.00. The second kappa shape index (κ2) is 9.11. The predicted octanol–water partition coefficient (Wildman–Crippen LogP) is 2.52. The number of amides is 2. The van der Waals surface area contributed by atoms with Gasteiger partial charge in [0.2, 0.25) is 11.8 Å². The molecule has 1 aromatic carbocycles. The minimum atomic E-state index is -0.173. The van der Waals surface area contributed by atoms with Gasteiger partial charge in [-0.3, -0.25) is 9.59 Å². The zero-order valence-corrected chi connectivity index (χ0v) is 14.4. The van der Waals surface area contributed by atoms with Crippen LogP contribution in [0, 0.1) is 5.92 Å². The monoisotopic (exact) mass is 330 g/mol. The molecular weight excluding hydrogens is 304 g/mol. The lowest BCUT2D eigenvalue weighted by Crippen LogP contribution is -2.36. The van der Waals surface area contributed by atoms with E-state index in [4.69, 9.17) is 4.74 Å². The molecule has 1 aromatic rings. The molecule has 0 radical (unpaired) electrons. The van der Waals surface area contributed by atoms with Crippen molar-refractivity contribution in [2.45, 2.75) is 32.6 Å². The molecule has 0 atom stereocenters. The van der Waals surface area contributed by atoms with Crippen LogP contribution in [-0.2, 0) is 9.59 Å². The number of nitrogens with one attached hydrogen (secondary N) is 2. The summed E-state index contributed by atoms with van der Waals surface area (Å²) in [5, 5.41) is 5.68. The van der Waals surface area contributed by atoms with E-state index in [1.807, 2.05) is 31.2 Å². The summed E-state index contributed by atoms with van der Waals surface area (Å²) in [6.45, 7) is 2.76. The number of ether oxygens (including phenoxy) is 1. The molecule has 1 fully saturated rings. The maximum Gasteiger partial charge on any atom is 0.244 e. The molecule has 2 N–H and O–H groups in total. The van der Waals surface area contributed by atoms with Gasteiger partial charge in [0, 0.05) is 30.6 Å². The molecule has 1 aliphatic carbocycles. The number of para-hydroxylation sites is 1. The summed E-state index contributed by atoms with van der Waals surface area (Å²) in [6, 6.07) is 7.58. The first-order valence-electron chi connectivity index (χ1n) is 8.49. The molecule has 0 saturated heterocycles. The Hall–Kier alpha value is -2.30. The van der Waals surface area contributed by atoms with E-state index in [2.05, 4.69) is 10.6 Å². The van der Waals surface area contributed by atoms with Crippen molar-refractivity contribution in [2.75, 3.05) is 20.2 Å². The van der Waals surface area contributed by atoms with Gasteiger partial charge >= 0.3 is 0 Å². The molecule has 0 unspecified atom stereocenters. The standard InChI is InChI=1S/C19H26N2O3/c1-14(16-9-5-6-10-17(16)24-2)13-18(22)20-11-12-21-19(23)15-7-3-4-8-15/h5-6,9-10,13,15H,3-4,7-8,11-12H2,1-2H3,(H,20,22)(H,21,23). The van der Waals surface area contributed by atoms with Crippen molar-refractivity contribution in [3.05, 3.63) is 35.9 Å². The number of hydrogen-bond donors (Lipinski definition) is 2. The molecule has 2 rings (SSSR count). The van der Waals surface area contributed by atoms with Crippen LogP contribution in [0.15, 0.2) is 30.3 Å². The molecule has 1 aliphatic rings. The van der Waals surface area contributed by atoms with E-state index in [9.17, 15) is 9.59 Å². The molecule has 24 heavy (non-hydrogen) atoms. The van der Waals surface area contributed by atoms with Crippen molar-refractivity contribution in [1.29, 1.82) is 0 Å². The average molecular weight is 330 g/mol. The Morgan fingerprint density at radius 2 is 1.83 bits per heavy atom. The van der Waals surface area contributed by atoms with E-state index in [1.54, 1.807) is 13.2 Å². The van der Waals surface area contributed by atoms with Crippen LogP contribution in [-0.4, -0.2) is 32.0 Å². The Bertz CT molecular complexity index is 604. The minimum Gasteiger partial charge on any atom is -0.496 e. The van der Waals surface area contributed by atoms with Gasteiger partial charge in [0.25, 0.3) is 0 Å². The summed E-state index contributed by atoms with van der Waals surface area (Å²) >= 11 is 0. The van der Waals surface area contributed by atoms with Crippen molar-refractivity contribution >= 4 is 17.4 Å². The van der Waals surface area contributed by atoms with E-state index in [1.165, 1.54) is 0 Å². The van der Waals surface area contributed by atoms with Crippen LogP contribution in [0.5, 0.6) is 5.75 Å². The molecule has 5 heteroatoms. The lowest BCUT2D eigenvalue weighted by Gasteiger charge is -2.11. The van der Waals surface area contributed by atoms with Crippen LogP contribution >= 0.6 is 0 Å². The van der Waals surface area contributed by atoms with Crippen LogP contribution in [0.1, 0.15) is 38.2 Å². The van der Waals surface area contributed by atoms with Crippen LogP contribution in [0.2, 0.25) is 0 Å². The average Bonchev–Trinajstić information content (AvgIpc) is 3.13. The van der Waals surface area contributed by atoms with Crippen molar-refractivity contribution in [3.63, 3.8) is 0 Å². The third-order valence-electron chi connectivity index (χ3n) is 4.33. The molecule has 0 spiro atoms. The van der Waals surface area contributed by atoms with Gasteiger partial charge in [0.1, 0.15) is 5.75 Å². The van der Waals surface area contributed by atoms with Crippen molar-refractivity contribution in [2.24, 2.45) is 5.92 Å². The molecule has 0 bridgehead atoms. The quantitative estimate of drug-likeness (QED) is 0.596. The Labute approximate surface area is 143 Å². The largest absolute Gasteiger partial charge is 0.496 e. The number of carbonyl (C=O) groups is 2. The number of rotatable bonds is 7. The third-order valence-corrected chi connectivity index (χ3v) is 4.33. The van der Waals surface area contributed by atoms with Gasteiger partial charge in [-0.15, -0.1) is 0 Å². The van der Waals surface area contributed by atoms with Gasteiger partial charge in [-0.05, 0) is 31.4 Å². The van der Waals surface area contributed by atoms with Crippen LogP contribution < -0.4 is 15.4 Å². The number of allylic oxidation sites excluding steroid dienone is 1. The summed E-state index contributed by atoms with van der Waals surface area (Å²) in [5.74, 6) is 0.840. The molecule has 1 saturated carbocycles. The molecule has 130 valence electrons. The number of hydrogen-bond acceptors (Lipinski definition) is 3. The molecule has 0 aliphatic heterocycles. The van der Waals surface area contributed by atoms with E-state index in [0.717, 1.165) is 42.6 Å². The van der Waals surface area contributed by atoms with E-state index < -0.39 is 0 Å². The highest BCUT2D eigenvalue weighted by atomic mass is 16.5. The van der Waals surface area contributed by atoms with Gasteiger partial charge in [0.15, 0.2) is 0 Å². The Kier molecular flexibility index (Phi) is 6.85. The highest BCUT2D eigenvalue weighted by molar-refractivity contribution is 5.95. The maximum atomic E-state index is 12.0. The smallest absolute Gasteiger partial charge is 0.244 e. The van der Waals surface area contributed by atoms with E-state index >= 15 is 0 Å². The molecule has 5 nitrogen and oxygen atoms in total. The second-order valence-corrected chi connectivity index (χ2v) is 6.09. The zero-order chi connectivity index (χ0) is 17.4. The van der Waals surface area contributed by atoms with Gasteiger partial charge in [-0.1, -0.05) is 31.0 Å². The SMILES string of the molecule is COc1ccccc1C(C)=CC(=O)NCCNC(=O)C1CCCC1. The van der Waals surface area contributed by atoms with E-state index in [0.29, 0.717) is 13.1 Å². The van der Waals surface area contributed by atoms with Crippen LogP contribution in [0.4, 0.5) is 0 Å². The Morgan fingerprint density at radius 1 is 1.17 bits per heavy atom. The normalized spacial score (nSPS) is 15.2. The minimum absolute atomic E-state index is 0.113. The summed E-state index contributed by atoms with van der Waals surface area (Å²) < 4.78 is 5.30. The topological polar surface area (TPSA) is 67.4 Å². The van der Waals surface area contributed by atoms with Crippen molar-refractivity contribution in [3.8, 4) is 5.75 Å². The second-order valence-electron chi connectivity index (χ2n) is 6.09. The highest BCUT2D eigenvalue weighted by Gasteiger charge is 2.21. The molecule has 0 heterocycles. The molecule has 2 amide bonds. The molecular formula is C19H26N2O3. The number of carbonyl (C=O) groups excluding carboxylic acids is 2. The summed E-state index contributed by atoms with van der Waals surface area (Å²) in [5.41, 5.74) is 1.73. The van der Waals surface area contributed by atoms with Gasteiger partial charge in [0.05, 0.1) is 7.11 Å². The summed E-state index contributed by atoms with van der Waals surface area (Å²) in [7, 11) is 1.61. The lowest BCUT2D eigenvalue weighted by atomic mass is 10.1. The first-order chi connectivity index (χ1) is 11.6. The van der Waals surface area contributed by atoms with Crippen molar-refractivity contribution in [1.82, 2.24) is 10.6 Å². The fourth-order valence-corrected chi connectivity index (χ4v) is 3.00. The number of benzene rings is 1. The van der Waals surface area contributed by atoms with Crippen LogP contribution in [0.25, 0.3) is 5.57 Å². The van der Waals surface area contributed by atoms with Crippen LogP contribution in [0.3, 0.4) is 0 Å². The predicted molar refractivity (Wildman–Crippen MR) is 94.6 cm³/mol. The fraction of sp³-hybridized carbons (Fsp3) is 0.474. The Balaban J connectivity index is 1.76. The number of methoxy groups -OCH3 is 1. The lowest BCUT2D eigenvalue weighted by molar-refractivity contribution is -0.125. The Morgan fingerprint density at radius 3 is 2.54 bits per heavy atom. The molecule has 0 aromatic heterocycles. The van der Waals surface area contributed by atoms with Gasteiger partial charge in [-0.25, -0.2) is 0 Å².